The fourth-order valence-corrected chi connectivity index (χ4v) is 5.33. The minimum absolute atomic E-state index is 0.0611. The first-order valence-corrected chi connectivity index (χ1v) is 17.5. The Balaban J connectivity index is 3.38. The van der Waals surface area contributed by atoms with Gasteiger partial charge in [-0.3, -0.25) is 0 Å². The number of unbranched alkanes of at least 4 members (excludes halogenated alkanes) is 22. The van der Waals surface area contributed by atoms with Crippen molar-refractivity contribution >= 4 is 0 Å². The molecule has 0 fully saturated rings. The van der Waals surface area contributed by atoms with Crippen LogP contribution >= 0.6 is 0 Å². The summed E-state index contributed by atoms with van der Waals surface area (Å²) in [7, 11) is 0. The molecule has 230 valence electrons. The highest BCUT2D eigenvalue weighted by Crippen LogP contribution is 2.17. The Morgan fingerprint density at radius 2 is 0.868 bits per heavy atom. The average Bonchev–Trinajstić information content (AvgIpc) is 2.92. The van der Waals surface area contributed by atoms with Crippen LogP contribution in [0.15, 0.2) is 0 Å². The van der Waals surface area contributed by atoms with Gasteiger partial charge in [-0.05, 0) is 18.8 Å². The van der Waals surface area contributed by atoms with E-state index in [4.69, 9.17) is 9.47 Å². The SMILES string of the molecule is CCCCCCCCCCCCCCCOC[C@@H](CO)OCC[C@H](C)CCCCCCCCCCCCC. The van der Waals surface area contributed by atoms with Crippen LogP contribution in [0, 0.1) is 5.92 Å². The highest BCUT2D eigenvalue weighted by atomic mass is 16.5. The van der Waals surface area contributed by atoms with Crippen molar-refractivity contribution in [1.29, 1.82) is 0 Å². The summed E-state index contributed by atoms with van der Waals surface area (Å²) in [4.78, 5) is 0. The van der Waals surface area contributed by atoms with Crippen LogP contribution in [0.5, 0.6) is 0 Å². The predicted octanol–water partition coefficient (Wildman–Crippen LogP) is 11.2. The van der Waals surface area contributed by atoms with Gasteiger partial charge in [-0.2, -0.15) is 0 Å². The molecule has 0 aliphatic carbocycles. The van der Waals surface area contributed by atoms with E-state index < -0.39 is 0 Å². The van der Waals surface area contributed by atoms with Crippen molar-refractivity contribution in [2.24, 2.45) is 5.92 Å². The van der Waals surface area contributed by atoms with E-state index in [0.29, 0.717) is 12.5 Å². The average molecular weight is 541 g/mol. The van der Waals surface area contributed by atoms with Crippen LogP contribution in [-0.4, -0.2) is 37.6 Å². The molecule has 0 saturated carbocycles. The van der Waals surface area contributed by atoms with Gasteiger partial charge < -0.3 is 14.6 Å². The maximum absolute atomic E-state index is 9.62. The molecule has 1 N–H and O–H groups in total. The van der Waals surface area contributed by atoms with Gasteiger partial charge in [0.15, 0.2) is 0 Å². The summed E-state index contributed by atoms with van der Waals surface area (Å²) in [6.07, 6.45) is 35.6. The van der Waals surface area contributed by atoms with Crippen molar-refractivity contribution in [2.45, 2.75) is 194 Å². The normalized spacial score (nSPS) is 13.3. The third kappa shape index (κ3) is 30.4. The number of rotatable bonds is 33. The van der Waals surface area contributed by atoms with Crippen molar-refractivity contribution in [3.05, 3.63) is 0 Å². The summed E-state index contributed by atoms with van der Waals surface area (Å²) in [5, 5.41) is 9.62. The minimum Gasteiger partial charge on any atom is -0.394 e. The molecule has 0 aliphatic heterocycles. The third-order valence-corrected chi connectivity index (χ3v) is 8.16. The molecule has 0 spiro atoms. The Bertz CT molecular complexity index is 414. The van der Waals surface area contributed by atoms with Crippen LogP contribution < -0.4 is 0 Å². The molecule has 0 rings (SSSR count). The molecule has 3 nitrogen and oxygen atoms in total. The van der Waals surface area contributed by atoms with E-state index in [1.165, 1.54) is 154 Å². The standard InChI is InChI=1S/C35H72O3/c1-4-6-8-10-12-14-16-17-19-21-23-25-27-30-37-33-35(32-36)38-31-29-34(3)28-26-24-22-20-18-15-13-11-9-7-5-2/h34-36H,4-33H2,1-3H3/t34-,35-/m1/s1. The monoisotopic (exact) mass is 541 g/mol. The van der Waals surface area contributed by atoms with E-state index in [-0.39, 0.29) is 12.7 Å². The summed E-state index contributed by atoms with van der Waals surface area (Å²) in [6, 6.07) is 0. The van der Waals surface area contributed by atoms with Crippen LogP contribution in [-0.2, 0) is 9.47 Å². The maximum Gasteiger partial charge on any atom is 0.104 e. The Kier molecular flexibility index (Phi) is 33.0. The predicted molar refractivity (Wildman–Crippen MR) is 168 cm³/mol. The van der Waals surface area contributed by atoms with Crippen LogP contribution in [0.25, 0.3) is 0 Å². The zero-order valence-electron chi connectivity index (χ0n) is 26.6. The lowest BCUT2D eigenvalue weighted by Gasteiger charge is -2.17. The second-order valence-electron chi connectivity index (χ2n) is 12.2. The second kappa shape index (κ2) is 33.1. The van der Waals surface area contributed by atoms with Crippen molar-refractivity contribution in [1.82, 2.24) is 0 Å². The third-order valence-electron chi connectivity index (χ3n) is 8.16. The van der Waals surface area contributed by atoms with Crippen LogP contribution in [0.1, 0.15) is 188 Å². The van der Waals surface area contributed by atoms with E-state index in [2.05, 4.69) is 20.8 Å². The fraction of sp³-hybridized carbons (Fsp3) is 1.00. The quantitative estimate of drug-likeness (QED) is 0.0841. The highest BCUT2D eigenvalue weighted by Gasteiger charge is 2.09. The molecule has 0 saturated heterocycles. The molecule has 0 unspecified atom stereocenters. The lowest BCUT2D eigenvalue weighted by atomic mass is 9.99. The topological polar surface area (TPSA) is 38.7 Å². The van der Waals surface area contributed by atoms with E-state index in [1.54, 1.807) is 0 Å². The first-order valence-electron chi connectivity index (χ1n) is 17.5. The second-order valence-corrected chi connectivity index (χ2v) is 12.2. The van der Waals surface area contributed by atoms with Crippen LogP contribution in [0.4, 0.5) is 0 Å². The Labute approximate surface area is 240 Å². The molecule has 38 heavy (non-hydrogen) atoms. The Morgan fingerprint density at radius 3 is 1.29 bits per heavy atom. The Hall–Kier alpha value is -0.120. The van der Waals surface area contributed by atoms with Gasteiger partial charge in [-0.1, -0.05) is 175 Å². The molecule has 0 bridgehead atoms. The first kappa shape index (κ1) is 37.9. The lowest BCUT2D eigenvalue weighted by molar-refractivity contribution is -0.0459. The van der Waals surface area contributed by atoms with E-state index in [0.717, 1.165) is 26.1 Å². The van der Waals surface area contributed by atoms with Crippen molar-refractivity contribution in [3.63, 3.8) is 0 Å². The highest BCUT2D eigenvalue weighted by molar-refractivity contribution is 4.58. The van der Waals surface area contributed by atoms with E-state index in [9.17, 15) is 5.11 Å². The number of hydrogen-bond acceptors (Lipinski definition) is 3. The molecule has 0 heterocycles. The number of aliphatic hydroxyl groups is 1. The first-order chi connectivity index (χ1) is 18.7. The number of hydrogen-bond donors (Lipinski definition) is 1. The minimum atomic E-state index is -0.161. The zero-order valence-corrected chi connectivity index (χ0v) is 26.6. The molecule has 0 aromatic rings. The summed E-state index contributed by atoms with van der Waals surface area (Å²) < 4.78 is 11.7. The molecule has 0 aromatic carbocycles. The summed E-state index contributed by atoms with van der Waals surface area (Å²) in [6.45, 7) is 9.05. The summed E-state index contributed by atoms with van der Waals surface area (Å²) >= 11 is 0. The molecule has 0 aliphatic rings. The van der Waals surface area contributed by atoms with Gasteiger partial charge in [-0.15, -0.1) is 0 Å². The van der Waals surface area contributed by atoms with Crippen LogP contribution in [0.2, 0.25) is 0 Å². The molecule has 2 atom stereocenters. The largest absolute Gasteiger partial charge is 0.394 e. The number of ether oxygens (including phenoxy) is 2. The fourth-order valence-electron chi connectivity index (χ4n) is 5.33. The van der Waals surface area contributed by atoms with Gasteiger partial charge >= 0.3 is 0 Å². The number of aliphatic hydroxyl groups excluding tert-OH is 1. The van der Waals surface area contributed by atoms with Gasteiger partial charge in [0, 0.05) is 13.2 Å². The summed E-state index contributed by atoms with van der Waals surface area (Å²) in [5.41, 5.74) is 0. The van der Waals surface area contributed by atoms with E-state index in [1.807, 2.05) is 0 Å². The van der Waals surface area contributed by atoms with Crippen molar-refractivity contribution in [3.8, 4) is 0 Å². The molecule has 3 heteroatoms. The van der Waals surface area contributed by atoms with Crippen LogP contribution in [0.3, 0.4) is 0 Å². The molecular weight excluding hydrogens is 468 g/mol. The lowest BCUT2D eigenvalue weighted by Crippen LogP contribution is -2.25. The molecule has 0 amide bonds. The van der Waals surface area contributed by atoms with Crippen molar-refractivity contribution < 1.29 is 14.6 Å². The molecular formula is C35H72O3. The van der Waals surface area contributed by atoms with Gasteiger partial charge in [0.1, 0.15) is 6.10 Å². The van der Waals surface area contributed by atoms with Gasteiger partial charge in [0.2, 0.25) is 0 Å². The van der Waals surface area contributed by atoms with Crippen molar-refractivity contribution in [2.75, 3.05) is 26.4 Å². The van der Waals surface area contributed by atoms with Gasteiger partial charge in [0.25, 0.3) is 0 Å². The smallest absolute Gasteiger partial charge is 0.104 e. The van der Waals surface area contributed by atoms with Gasteiger partial charge in [0.05, 0.1) is 13.2 Å². The zero-order chi connectivity index (χ0) is 27.8. The van der Waals surface area contributed by atoms with Gasteiger partial charge in [-0.25, -0.2) is 0 Å². The summed E-state index contributed by atoms with van der Waals surface area (Å²) in [5.74, 6) is 0.708. The molecule has 0 aromatic heterocycles. The maximum atomic E-state index is 9.62. The Morgan fingerprint density at radius 1 is 0.474 bits per heavy atom. The van der Waals surface area contributed by atoms with E-state index >= 15 is 0 Å². The molecule has 0 radical (unpaired) electrons.